The average molecular weight is 747 g/mol. The third-order valence-corrected chi connectivity index (χ3v) is 12.2. The zero-order valence-corrected chi connectivity index (χ0v) is 31.2. The fourth-order valence-electron chi connectivity index (χ4n) is 8.36. The lowest BCUT2D eigenvalue weighted by molar-refractivity contribution is 0.669. The molecule has 0 aliphatic heterocycles. The highest BCUT2D eigenvalue weighted by molar-refractivity contribution is 7.25. The van der Waals surface area contributed by atoms with Gasteiger partial charge in [-0.1, -0.05) is 109 Å². The van der Waals surface area contributed by atoms with Crippen LogP contribution in [0.3, 0.4) is 0 Å². The van der Waals surface area contributed by atoms with Crippen molar-refractivity contribution in [2.75, 3.05) is 0 Å². The van der Waals surface area contributed by atoms with Crippen LogP contribution >= 0.6 is 11.3 Å². The lowest BCUT2D eigenvalue weighted by Gasteiger charge is -2.11. The second-order valence-electron chi connectivity index (χ2n) is 14.4. The van der Waals surface area contributed by atoms with E-state index < -0.39 is 0 Å². The van der Waals surface area contributed by atoms with E-state index in [2.05, 4.69) is 162 Å². The van der Waals surface area contributed by atoms with Crippen LogP contribution in [-0.4, -0.2) is 19.5 Å². The van der Waals surface area contributed by atoms with Gasteiger partial charge in [-0.2, -0.15) is 0 Å². The van der Waals surface area contributed by atoms with Crippen LogP contribution in [0.5, 0.6) is 0 Å². The van der Waals surface area contributed by atoms with Crippen LogP contribution in [0.4, 0.5) is 0 Å². The molecule has 0 fully saturated rings. The highest BCUT2D eigenvalue weighted by Gasteiger charge is 2.19. The number of nitrogens with zero attached hydrogens (tertiary/aromatic N) is 4. The number of rotatable bonds is 5. The minimum Gasteiger partial charge on any atom is -0.455 e. The summed E-state index contributed by atoms with van der Waals surface area (Å²) in [5, 5.41) is 6.97. The Hall–Kier alpha value is -7.41. The first kappa shape index (κ1) is 31.9. The Balaban J connectivity index is 1.04. The second-order valence-corrected chi connectivity index (χ2v) is 15.5. The molecule has 0 amide bonds. The van der Waals surface area contributed by atoms with Gasteiger partial charge in [0.15, 0.2) is 17.5 Å². The summed E-state index contributed by atoms with van der Waals surface area (Å²) in [6, 6.07) is 63.9. The first-order chi connectivity index (χ1) is 28.2. The van der Waals surface area contributed by atoms with Gasteiger partial charge in [-0.15, -0.1) is 11.3 Å². The molecular formula is C51H30N4OS. The average Bonchev–Trinajstić information content (AvgIpc) is 3.96. The molecule has 0 bridgehead atoms. The molecule has 0 N–H and O–H groups in total. The maximum Gasteiger partial charge on any atom is 0.167 e. The van der Waals surface area contributed by atoms with E-state index in [0.717, 1.165) is 55.3 Å². The van der Waals surface area contributed by atoms with Crippen molar-refractivity contribution in [2.45, 2.75) is 0 Å². The molecule has 0 saturated heterocycles. The predicted molar refractivity (Wildman–Crippen MR) is 236 cm³/mol. The van der Waals surface area contributed by atoms with Gasteiger partial charge in [-0.25, -0.2) is 15.0 Å². The highest BCUT2D eigenvalue weighted by atomic mass is 32.1. The predicted octanol–water partition coefficient (Wildman–Crippen LogP) is 13.9. The fourth-order valence-corrected chi connectivity index (χ4v) is 9.45. The van der Waals surface area contributed by atoms with E-state index >= 15 is 0 Å². The SMILES string of the molecule is c1ccc(-c2ccc3c4ccccc4n(-c4ccc(-c5nc(-c6ccc7sc8ccccc8c7c6)nc(-c6cccc7c6oc6ccccc67)n5)cc4)c3c2)cc1. The third-order valence-electron chi connectivity index (χ3n) is 11.1. The number of fused-ring (bicyclic) bond motifs is 9. The van der Waals surface area contributed by atoms with E-state index in [9.17, 15) is 0 Å². The molecule has 0 spiro atoms. The van der Waals surface area contributed by atoms with Crippen molar-refractivity contribution in [1.29, 1.82) is 0 Å². The van der Waals surface area contributed by atoms with Crippen molar-refractivity contribution in [3.63, 3.8) is 0 Å². The van der Waals surface area contributed by atoms with E-state index in [1.165, 1.54) is 42.1 Å². The summed E-state index contributed by atoms with van der Waals surface area (Å²) in [7, 11) is 0. The molecule has 0 aliphatic carbocycles. The summed E-state index contributed by atoms with van der Waals surface area (Å²) in [6.45, 7) is 0. The van der Waals surface area contributed by atoms with Crippen molar-refractivity contribution >= 4 is 75.3 Å². The first-order valence-electron chi connectivity index (χ1n) is 19.0. The Morgan fingerprint density at radius 1 is 0.386 bits per heavy atom. The van der Waals surface area contributed by atoms with E-state index in [0.29, 0.717) is 17.5 Å². The topological polar surface area (TPSA) is 56.7 Å². The molecule has 4 heterocycles. The normalized spacial score (nSPS) is 11.9. The summed E-state index contributed by atoms with van der Waals surface area (Å²) in [5.74, 6) is 1.77. The minimum absolute atomic E-state index is 0.565. The number of furan rings is 1. The number of hydrogen-bond donors (Lipinski definition) is 0. The van der Waals surface area contributed by atoms with Crippen molar-refractivity contribution in [3.8, 4) is 51.0 Å². The van der Waals surface area contributed by atoms with Crippen LogP contribution in [0.2, 0.25) is 0 Å². The third kappa shape index (κ3) is 5.12. The van der Waals surface area contributed by atoms with E-state index in [1.807, 2.05) is 24.3 Å². The van der Waals surface area contributed by atoms with Crippen molar-refractivity contribution < 1.29 is 4.42 Å². The number of hydrogen-bond acceptors (Lipinski definition) is 5. The molecule has 0 saturated carbocycles. The summed E-state index contributed by atoms with van der Waals surface area (Å²) < 4.78 is 11.3. The van der Waals surface area contributed by atoms with Gasteiger partial charge in [0.25, 0.3) is 0 Å². The van der Waals surface area contributed by atoms with Gasteiger partial charge >= 0.3 is 0 Å². The minimum atomic E-state index is 0.565. The number of thiophene rings is 1. The van der Waals surface area contributed by atoms with Crippen LogP contribution in [0.1, 0.15) is 0 Å². The molecule has 57 heavy (non-hydrogen) atoms. The molecule has 0 radical (unpaired) electrons. The zero-order valence-electron chi connectivity index (χ0n) is 30.4. The summed E-state index contributed by atoms with van der Waals surface area (Å²) in [4.78, 5) is 15.5. The molecule has 6 heteroatoms. The smallest absolute Gasteiger partial charge is 0.167 e. The molecule has 0 unspecified atom stereocenters. The Kier molecular flexibility index (Phi) is 7.03. The Labute approximate surface area is 330 Å². The molecule has 0 atom stereocenters. The highest BCUT2D eigenvalue weighted by Crippen LogP contribution is 2.39. The van der Waals surface area contributed by atoms with Gasteiger partial charge < -0.3 is 8.98 Å². The molecule has 5 nitrogen and oxygen atoms in total. The van der Waals surface area contributed by atoms with Crippen molar-refractivity contribution in [2.24, 2.45) is 0 Å². The van der Waals surface area contributed by atoms with E-state index in [1.54, 1.807) is 11.3 Å². The van der Waals surface area contributed by atoms with Gasteiger partial charge in [0.1, 0.15) is 11.2 Å². The zero-order chi connectivity index (χ0) is 37.5. The molecule has 12 rings (SSSR count). The van der Waals surface area contributed by atoms with Crippen LogP contribution in [0.15, 0.2) is 186 Å². The van der Waals surface area contributed by atoms with Crippen LogP contribution in [-0.2, 0) is 0 Å². The van der Waals surface area contributed by atoms with E-state index in [-0.39, 0.29) is 0 Å². The van der Waals surface area contributed by atoms with Crippen LogP contribution in [0.25, 0.3) is 115 Å². The summed E-state index contributed by atoms with van der Waals surface area (Å²) >= 11 is 1.80. The van der Waals surface area contributed by atoms with Gasteiger partial charge in [-0.05, 0) is 83.9 Å². The maximum absolute atomic E-state index is 6.49. The lowest BCUT2D eigenvalue weighted by atomic mass is 10.0. The standard InChI is InChI=1S/C51H30N4OS/c1-2-11-31(12-3-1)33-23-27-37-36-13-4-7-18-43(36)55(44(37)30-33)35-25-21-32(22-26-35)49-52-50(34-24-28-47-42(29-34)39-15-6-9-20-46(39)57-47)54-51(53-49)41-17-10-16-40-38-14-5-8-19-45(38)56-48(40)41/h1-30H. The molecular weight excluding hydrogens is 717 g/mol. The summed E-state index contributed by atoms with van der Waals surface area (Å²) in [5.41, 5.74) is 10.0. The molecule has 4 aromatic heterocycles. The molecule has 12 aromatic rings. The monoisotopic (exact) mass is 746 g/mol. The second kappa shape index (κ2) is 12.6. The summed E-state index contributed by atoms with van der Waals surface area (Å²) in [6.07, 6.45) is 0. The largest absolute Gasteiger partial charge is 0.455 e. The first-order valence-corrected chi connectivity index (χ1v) is 19.8. The van der Waals surface area contributed by atoms with Crippen LogP contribution in [0, 0.1) is 0 Å². The maximum atomic E-state index is 6.49. The number of aromatic nitrogens is 4. The lowest BCUT2D eigenvalue weighted by Crippen LogP contribution is -2.01. The molecule has 8 aromatic carbocycles. The quantitative estimate of drug-likeness (QED) is 0.176. The van der Waals surface area contributed by atoms with Gasteiger partial charge in [0.05, 0.1) is 16.6 Å². The molecule has 0 aliphatic rings. The van der Waals surface area contributed by atoms with Gasteiger partial charge in [-0.3, -0.25) is 0 Å². The van der Waals surface area contributed by atoms with Crippen molar-refractivity contribution in [3.05, 3.63) is 182 Å². The Morgan fingerprint density at radius 2 is 1.04 bits per heavy atom. The fraction of sp³-hybridized carbons (Fsp3) is 0. The Bertz CT molecular complexity index is 3520. The van der Waals surface area contributed by atoms with E-state index in [4.69, 9.17) is 19.4 Å². The number of benzene rings is 8. The van der Waals surface area contributed by atoms with Gasteiger partial charge in [0.2, 0.25) is 0 Å². The Morgan fingerprint density at radius 3 is 1.91 bits per heavy atom. The van der Waals surface area contributed by atoms with Crippen molar-refractivity contribution in [1.82, 2.24) is 19.5 Å². The van der Waals surface area contributed by atoms with Crippen LogP contribution < -0.4 is 0 Å². The molecule has 266 valence electrons. The van der Waals surface area contributed by atoms with Gasteiger partial charge in [0, 0.05) is 58.5 Å². The number of para-hydroxylation sites is 3.